The van der Waals surface area contributed by atoms with Crippen molar-refractivity contribution in [3.8, 4) is 0 Å². The van der Waals surface area contributed by atoms with Crippen molar-refractivity contribution in [3.05, 3.63) is 35.4 Å². The highest BCUT2D eigenvalue weighted by Crippen LogP contribution is 2.31. The number of carbonyl (C=O) groups excluding carboxylic acids is 5. The number of nitrogens with zero attached hydrogens (tertiary/aromatic N) is 2. The van der Waals surface area contributed by atoms with Gasteiger partial charge < -0.3 is 40.0 Å². The van der Waals surface area contributed by atoms with Crippen LogP contribution in [0.4, 0.5) is 8.78 Å². The summed E-state index contributed by atoms with van der Waals surface area (Å²) in [5.41, 5.74) is -0.740. The summed E-state index contributed by atoms with van der Waals surface area (Å²) in [6.45, 7) is 14.7. The van der Waals surface area contributed by atoms with Gasteiger partial charge in [0.25, 0.3) is 0 Å². The predicted octanol–water partition coefficient (Wildman–Crippen LogP) is 3.58. The highest BCUT2D eigenvalue weighted by Gasteiger charge is 2.46. The first kappa shape index (κ1) is 47.6. The Morgan fingerprint density at radius 3 is 1.95 bits per heavy atom. The molecule has 0 bridgehead atoms. The molecule has 3 N–H and O–H groups in total. The average Bonchev–Trinajstić information content (AvgIpc) is 3.57. The Balaban J connectivity index is 2.34. The number of nitrogens with one attached hydrogen (secondary N) is 3. The van der Waals surface area contributed by atoms with Gasteiger partial charge in [-0.2, -0.15) is 0 Å². The van der Waals surface area contributed by atoms with Gasteiger partial charge >= 0.3 is 0 Å². The van der Waals surface area contributed by atoms with E-state index in [-0.39, 0.29) is 54.5 Å². The monoisotopic (exact) mass is 781 g/mol. The lowest BCUT2D eigenvalue weighted by molar-refractivity contribution is -0.148. The Labute approximate surface area is 325 Å². The van der Waals surface area contributed by atoms with E-state index in [1.54, 1.807) is 30.8 Å². The van der Waals surface area contributed by atoms with Crippen LogP contribution in [0.5, 0.6) is 0 Å². The van der Waals surface area contributed by atoms with Crippen molar-refractivity contribution in [1.82, 2.24) is 25.8 Å². The second-order valence-corrected chi connectivity index (χ2v) is 15.4. The van der Waals surface area contributed by atoms with Gasteiger partial charge in [-0.15, -0.1) is 0 Å². The van der Waals surface area contributed by atoms with Gasteiger partial charge in [-0.05, 0) is 50.3 Å². The molecule has 0 radical (unpaired) electrons. The van der Waals surface area contributed by atoms with Crippen LogP contribution in [0.15, 0.2) is 18.2 Å². The van der Waals surface area contributed by atoms with Gasteiger partial charge in [-0.25, -0.2) is 8.78 Å². The van der Waals surface area contributed by atoms with Gasteiger partial charge in [0.1, 0.15) is 17.7 Å². The number of methoxy groups -OCH3 is 3. The lowest BCUT2D eigenvalue weighted by Crippen LogP contribution is -2.59. The Hall–Kier alpha value is -3.53. The number of rotatable bonds is 21. The zero-order valence-corrected chi connectivity index (χ0v) is 34.9. The molecule has 10 atom stereocenters. The minimum atomic E-state index is -1.25. The molecule has 1 aliphatic rings. The Kier molecular flexibility index (Phi) is 18.8. The van der Waals surface area contributed by atoms with Crippen molar-refractivity contribution in [2.75, 3.05) is 42.0 Å². The molecule has 13 nitrogen and oxygen atoms in total. The molecule has 1 aliphatic heterocycles. The van der Waals surface area contributed by atoms with Crippen LogP contribution in [0.25, 0.3) is 0 Å². The Morgan fingerprint density at radius 2 is 1.47 bits per heavy atom. The van der Waals surface area contributed by atoms with Crippen LogP contribution in [0.3, 0.4) is 0 Å². The third-order valence-corrected chi connectivity index (χ3v) is 11.0. The van der Waals surface area contributed by atoms with Crippen molar-refractivity contribution < 1.29 is 47.0 Å². The van der Waals surface area contributed by atoms with Crippen LogP contribution >= 0.6 is 0 Å². The summed E-state index contributed by atoms with van der Waals surface area (Å²) in [6, 6.07) is -0.653. The fourth-order valence-electron chi connectivity index (χ4n) is 7.56. The standard InChI is InChI=1S/C40H65F2N5O8/c1-14-23(6)35(46(10)40(52)34(22(4)5)45-39(51)33(43-9)21(2)3)30(54-12)19-31(48)47-20-26(53-11)18-29(47)37(55-13)24(7)38(50)44-25(8)36(49)32-27(41)16-15-17-28(32)42/h15-17,21-26,29-30,33-35,37,43H,14,18-20H2,1-13H3,(H,44,50)(H,45,51)/t23-,24+,25-,26+,29+,30-,33-,34-,35-,37+/m0/s1. The van der Waals surface area contributed by atoms with Gasteiger partial charge in [0.05, 0.1) is 60.4 Å². The lowest BCUT2D eigenvalue weighted by atomic mass is 9.89. The smallest absolute Gasteiger partial charge is 0.245 e. The highest BCUT2D eigenvalue weighted by molar-refractivity contribution is 6.02. The summed E-state index contributed by atoms with van der Waals surface area (Å²) in [7, 11) is 7.81. The molecule has 1 aromatic rings. The molecule has 0 aliphatic carbocycles. The molecule has 0 unspecified atom stereocenters. The van der Waals surface area contributed by atoms with Crippen LogP contribution in [0, 0.1) is 35.3 Å². The first-order valence-electron chi connectivity index (χ1n) is 19.2. The van der Waals surface area contributed by atoms with E-state index in [9.17, 15) is 32.8 Å². The molecular formula is C40H65F2N5O8. The number of halogens is 2. The number of likely N-dealkylation sites (tertiary alicyclic amines) is 1. The number of benzene rings is 1. The predicted molar refractivity (Wildman–Crippen MR) is 205 cm³/mol. The van der Waals surface area contributed by atoms with Crippen molar-refractivity contribution in [3.63, 3.8) is 0 Å². The van der Waals surface area contributed by atoms with Crippen LogP contribution in [0.2, 0.25) is 0 Å². The van der Waals surface area contributed by atoms with E-state index in [0.29, 0.717) is 12.8 Å². The van der Waals surface area contributed by atoms with Crippen molar-refractivity contribution in [2.45, 2.75) is 123 Å². The van der Waals surface area contributed by atoms with E-state index in [1.807, 2.05) is 41.5 Å². The van der Waals surface area contributed by atoms with Crippen molar-refractivity contribution in [1.29, 1.82) is 0 Å². The van der Waals surface area contributed by atoms with Crippen molar-refractivity contribution >= 4 is 29.4 Å². The number of hydrogen-bond acceptors (Lipinski definition) is 9. The Bertz CT molecular complexity index is 1440. The minimum absolute atomic E-state index is 0.00568. The maximum atomic E-state index is 14.3. The van der Waals surface area contributed by atoms with Gasteiger partial charge in [0.2, 0.25) is 23.6 Å². The molecule has 312 valence electrons. The maximum absolute atomic E-state index is 14.3. The number of likely N-dealkylation sites (N-methyl/N-ethyl adjacent to an activating group) is 2. The molecule has 2 rings (SSSR count). The third-order valence-electron chi connectivity index (χ3n) is 11.0. The fraction of sp³-hybridized carbons (Fsp3) is 0.725. The molecule has 1 heterocycles. The zero-order valence-electron chi connectivity index (χ0n) is 34.9. The molecule has 0 saturated carbocycles. The fourth-order valence-corrected chi connectivity index (χ4v) is 7.56. The minimum Gasteiger partial charge on any atom is -0.380 e. The number of ketones is 1. The van der Waals surface area contributed by atoms with Gasteiger partial charge in [0.15, 0.2) is 5.78 Å². The first-order valence-corrected chi connectivity index (χ1v) is 19.2. The molecule has 55 heavy (non-hydrogen) atoms. The van der Waals surface area contributed by atoms with Gasteiger partial charge in [0, 0.05) is 34.9 Å². The van der Waals surface area contributed by atoms with E-state index in [2.05, 4.69) is 16.0 Å². The largest absolute Gasteiger partial charge is 0.380 e. The average molecular weight is 782 g/mol. The highest BCUT2D eigenvalue weighted by atomic mass is 19.1. The summed E-state index contributed by atoms with van der Waals surface area (Å²) in [5, 5.41) is 8.53. The van der Waals surface area contributed by atoms with Crippen molar-refractivity contribution in [2.24, 2.45) is 23.7 Å². The first-order chi connectivity index (χ1) is 25.8. The van der Waals surface area contributed by atoms with Crippen LogP contribution in [-0.2, 0) is 33.4 Å². The maximum Gasteiger partial charge on any atom is 0.245 e. The molecule has 1 fully saturated rings. The summed E-state index contributed by atoms with van der Waals surface area (Å²) < 4.78 is 46.1. The second-order valence-electron chi connectivity index (χ2n) is 15.4. The zero-order chi connectivity index (χ0) is 41.9. The molecule has 1 aromatic carbocycles. The number of Topliss-reactive ketones (excluding diaryl/α,β-unsaturated/α-hetero) is 1. The molecule has 1 saturated heterocycles. The number of amides is 4. The lowest BCUT2D eigenvalue weighted by Gasteiger charge is -2.41. The van der Waals surface area contributed by atoms with E-state index < -0.39 is 77.2 Å². The van der Waals surface area contributed by atoms with Crippen LogP contribution in [0.1, 0.15) is 85.0 Å². The number of ether oxygens (including phenoxy) is 3. The third kappa shape index (κ3) is 11.7. The van der Waals surface area contributed by atoms with Crippen LogP contribution < -0.4 is 16.0 Å². The van der Waals surface area contributed by atoms with Gasteiger partial charge in [-0.1, -0.05) is 61.0 Å². The SMILES string of the molecule is CC[C@H](C)[C@@H]([C@H](CC(=O)N1C[C@H](OC)C[C@@H]1[C@H](OC)[C@@H](C)C(=O)N[C@@H](C)C(=O)c1c(F)cccc1F)OC)N(C)C(=O)[C@@H](NC(=O)[C@@H](NC)C(C)C)C(C)C. The second kappa shape index (κ2) is 21.7. The van der Waals surface area contributed by atoms with Gasteiger partial charge in [-0.3, -0.25) is 24.0 Å². The summed E-state index contributed by atoms with van der Waals surface area (Å²) in [6.07, 6.45) is -1.06. The summed E-state index contributed by atoms with van der Waals surface area (Å²) in [4.78, 5) is 71.3. The van der Waals surface area contributed by atoms with E-state index >= 15 is 0 Å². The number of hydrogen-bond donors (Lipinski definition) is 3. The van der Waals surface area contributed by atoms with Crippen LogP contribution in [-0.4, -0.2) is 130 Å². The molecular weight excluding hydrogens is 716 g/mol. The summed E-state index contributed by atoms with van der Waals surface area (Å²) in [5.74, 6) is -5.72. The molecule has 4 amide bonds. The van der Waals surface area contributed by atoms with E-state index in [1.165, 1.54) is 28.3 Å². The van der Waals surface area contributed by atoms with E-state index in [0.717, 1.165) is 18.2 Å². The number of carbonyl (C=O) groups is 5. The topological polar surface area (TPSA) is 156 Å². The quantitative estimate of drug-likeness (QED) is 0.159. The molecule has 0 aromatic heterocycles. The molecule has 0 spiro atoms. The Morgan fingerprint density at radius 1 is 0.891 bits per heavy atom. The summed E-state index contributed by atoms with van der Waals surface area (Å²) >= 11 is 0. The van der Waals surface area contributed by atoms with E-state index in [4.69, 9.17) is 14.2 Å². The normalized spacial score (nSPS) is 20.3. The molecule has 15 heteroatoms.